The lowest BCUT2D eigenvalue weighted by atomic mass is 9.71. The van der Waals surface area contributed by atoms with Crippen LogP contribution in [0.4, 0.5) is 5.69 Å². The van der Waals surface area contributed by atoms with Gasteiger partial charge in [0.25, 0.3) is 0 Å². The van der Waals surface area contributed by atoms with E-state index in [4.69, 9.17) is 5.10 Å². The molecule has 0 N–H and O–H groups in total. The minimum atomic E-state index is -0.0840. The molecular weight excluding hydrogens is 358 g/mol. The van der Waals surface area contributed by atoms with Crippen LogP contribution in [0.5, 0.6) is 0 Å². The van der Waals surface area contributed by atoms with Crippen molar-refractivity contribution in [1.29, 1.82) is 0 Å². The predicted molar refractivity (Wildman–Crippen MR) is 118 cm³/mol. The van der Waals surface area contributed by atoms with Crippen molar-refractivity contribution in [3.05, 3.63) is 30.6 Å². The molecule has 5 heteroatoms. The molecule has 2 aliphatic heterocycles. The van der Waals surface area contributed by atoms with Crippen LogP contribution in [0.3, 0.4) is 0 Å². The highest BCUT2D eigenvalue weighted by atomic mass is 15.5. The minimum absolute atomic E-state index is 0.0840. The van der Waals surface area contributed by atoms with E-state index in [0.29, 0.717) is 5.41 Å². The van der Waals surface area contributed by atoms with Crippen molar-refractivity contribution in [3.8, 4) is 11.4 Å². The van der Waals surface area contributed by atoms with Crippen molar-refractivity contribution in [2.75, 3.05) is 25.0 Å². The third-order valence-corrected chi connectivity index (χ3v) is 8.11. The number of anilines is 1. The maximum atomic E-state index is 4.70. The minimum Gasteiger partial charge on any atom is -0.350 e. The van der Waals surface area contributed by atoms with Crippen molar-refractivity contribution in [3.63, 3.8) is 0 Å². The molecule has 1 aromatic carbocycles. The fourth-order valence-corrected chi connectivity index (χ4v) is 6.15. The molecule has 3 heterocycles. The van der Waals surface area contributed by atoms with Gasteiger partial charge in [-0.05, 0) is 49.1 Å². The van der Waals surface area contributed by atoms with Gasteiger partial charge in [-0.15, -0.1) is 0 Å². The molecule has 0 atom stereocenters. The molecule has 0 amide bonds. The first-order chi connectivity index (χ1) is 13.9. The molecule has 1 saturated heterocycles. The van der Waals surface area contributed by atoms with Crippen LogP contribution in [0.2, 0.25) is 0 Å². The number of aromatic nitrogens is 3. The summed E-state index contributed by atoms with van der Waals surface area (Å²) in [6.07, 6.45) is 9.44. The molecule has 0 unspecified atom stereocenters. The number of para-hydroxylation sites is 1. The zero-order valence-electron chi connectivity index (χ0n) is 18.4. The second-order valence-electron chi connectivity index (χ2n) is 10.5. The third kappa shape index (κ3) is 3.00. The van der Waals surface area contributed by atoms with Gasteiger partial charge in [0.1, 0.15) is 12.0 Å². The normalized spacial score (nSPS) is 27.0. The summed E-state index contributed by atoms with van der Waals surface area (Å²) in [5, 5.41) is 4.70. The van der Waals surface area contributed by atoms with Crippen LogP contribution in [0.1, 0.15) is 59.3 Å². The summed E-state index contributed by atoms with van der Waals surface area (Å²) in [7, 11) is 2.24. The van der Waals surface area contributed by atoms with Gasteiger partial charge in [0.2, 0.25) is 0 Å². The Balaban J connectivity index is 1.33. The van der Waals surface area contributed by atoms with Crippen molar-refractivity contribution >= 4 is 5.69 Å². The number of fused-ring (bicyclic) bond motifs is 4. The third-order valence-electron chi connectivity index (χ3n) is 8.11. The zero-order valence-corrected chi connectivity index (χ0v) is 18.4. The number of benzene rings is 1. The Kier molecular flexibility index (Phi) is 4.50. The Labute approximate surface area is 175 Å². The Hall–Kier alpha value is -1.88. The van der Waals surface area contributed by atoms with Gasteiger partial charge in [0.15, 0.2) is 5.82 Å². The van der Waals surface area contributed by atoms with E-state index in [1.807, 2.05) is 0 Å². The van der Waals surface area contributed by atoms with Gasteiger partial charge >= 0.3 is 0 Å². The molecule has 2 fully saturated rings. The van der Waals surface area contributed by atoms with Gasteiger partial charge < -0.3 is 9.80 Å². The Morgan fingerprint density at radius 2 is 1.69 bits per heavy atom. The monoisotopic (exact) mass is 393 g/mol. The fraction of sp³-hybridized carbons (Fsp3) is 0.667. The second-order valence-corrected chi connectivity index (χ2v) is 10.5. The van der Waals surface area contributed by atoms with Crippen LogP contribution < -0.4 is 4.90 Å². The van der Waals surface area contributed by atoms with E-state index in [2.05, 4.69) is 71.5 Å². The molecule has 3 aliphatic rings. The molecule has 2 aromatic rings. The Bertz CT molecular complexity index is 863. The van der Waals surface area contributed by atoms with E-state index in [1.165, 1.54) is 36.9 Å². The molecule has 0 bridgehead atoms. The lowest BCUT2D eigenvalue weighted by Crippen LogP contribution is -2.59. The molecule has 1 aliphatic carbocycles. The van der Waals surface area contributed by atoms with Crippen LogP contribution in [0, 0.1) is 11.3 Å². The van der Waals surface area contributed by atoms with Gasteiger partial charge in [-0.25, -0.2) is 9.67 Å². The highest BCUT2D eigenvalue weighted by molar-refractivity contribution is 5.77. The number of likely N-dealkylation sites (tertiary alicyclic amines) is 1. The summed E-state index contributed by atoms with van der Waals surface area (Å²) in [6, 6.07) is 9.40. The fourth-order valence-electron chi connectivity index (χ4n) is 6.15. The van der Waals surface area contributed by atoms with Gasteiger partial charge in [-0.2, -0.15) is 5.10 Å². The van der Waals surface area contributed by atoms with Crippen LogP contribution >= 0.6 is 0 Å². The van der Waals surface area contributed by atoms with E-state index < -0.39 is 0 Å². The van der Waals surface area contributed by atoms with Crippen molar-refractivity contribution < 1.29 is 0 Å². The average molecular weight is 394 g/mol. The predicted octanol–water partition coefficient (Wildman–Crippen LogP) is 4.75. The first-order valence-electron chi connectivity index (χ1n) is 11.4. The second kappa shape index (κ2) is 6.83. The van der Waals surface area contributed by atoms with Gasteiger partial charge in [0, 0.05) is 50.3 Å². The SMILES string of the molecule is CN1c2ccccc2-c2ncnn2C12CCN(C1CCC(C(C)(C)C)CC1)CC2. The van der Waals surface area contributed by atoms with Crippen LogP contribution in [0.15, 0.2) is 30.6 Å². The number of hydrogen-bond acceptors (Lipinski definition) is 4. The maximum Gasteiger partial charge on any atom is 0.162 e. The summed E-state index contributed by atoms with van der Waals surface area (Å²) < 4.78 is 2.21. The van der Waals surface area contributed by atoms with E-state index in [9.17, 15) is 0 Å². The molecule has 5 nitrogen and oxygen atoms in total. The molecule has 1 spiro atoms. The summed E-state index contributed by atoms with van der Waals surface area (Å²) in [6.45, 7) is 9.53. The molecule has 156 valence electrons. The van der Waals surface area contributed by atoms with E-state index in [-0.39, 0.29) is 5.66 Å². The Morgan fingerprint density at radius 3 is 2.38 bits per heavy atom. The van der Waals surface area contributed by atoms with Gasteiger partial charge in [-0.3, -0.25) is 0 Å². The lowest BCUT2D eigenvalue weighted by Gasteiger charge is -2.52. The number of hydrogen-bond donors (Lipinski definition) is 0. The first-order valence-corrected chi connectivity index (χ1v) is 11.4. The largest absolute Gasteiger partial charge is 0.350 e. The highest BCUT2D eigenvalue weighted by Crippen LogP contribution is 2.46. The maximum absolute atomic E-state index is 4.70. The van der Waals surface area contributed by atoms with Crippen molar-refractivity contribution in [1.82, 2.24) is 19.7 Å². The zero-order chi connectivity index (χ0) is 20.2. The summed E-state index contributed by atoms with van der Waals surface area (Å²) in [5.74, 6) is 1.91. The van der Waals surface area contributed by atoms with Crippen LogP contribution in [-0.4, -0.2) is 45.8 Å². The van der Waals surface area contributed by atoms with Gasteiger partial charge in [-0.1, -0.05) is 32.9 Å². The number of nitrogens with zero attached hydrogens (tertiary/aromatic N) is 5. The van der Waals surface area contributed by atoms with Crippen molar-refractivity contribution in [2.24, 2.45) is 11.3 Å². The molecular formula is C24H35N5. The topological polar surface area (TPSA) is 37.2 Å². The van der Waals surface area contributed by atoms with E-state index >= 15 is 0 Å². The average Bonchev–Trinajstić information content (AvgIpc) is 3.23. The standard InChI is InChI=1S/C24H35N5/c1-23(2,3)18-9-11-19(12-10-18)28-15-13-24(14-16-28)27(4)21-8-6-5-7-20(21)22-25-17-26-29(22)24/h5-8,17-19H,9-16H2,1-4H3. The molecule has 0 radical (unpaired) electrons. The summed E-state index contributed by atoms with van der Waals surface area (Å²) in [4.78, 5) is 9.88. The Morgan fingerprint density at radius 1 is 1.00 bits per heavy atom. The summed E-state index contributed by atoms with van der Waals surface area (Å²) in [5.41, 5.74) is 2.85. The van der Waals surface area contributed by atoms with E-state index in [0.717, 1.165) is 43.7 Å². The molecule has 1 aromatic heterocycles. The number of rotatable bonds is 1. The van der Waals surface area contributed by atoms with Crippen LogP contribution in [-0.2, 0) is 5.66 Å². The van der Waals surface area contributed by atoms with Gasteiger partial charge in [0.05, 0.1) is 0 Å². The van der Waals surface area contributed by atoms with E-state index in [1.54, 1.807) is 6.33 Å². The highest BCUT2D eigenvalue weighted by Gasteiger charge is 2.47. The van der Waals surface area contributed by atoms with Crippen LogP contribution in [0.25, 0.3) is 11.4 Å². The molecule has 29 heavy (non-hydrogen) atoms. The summed E-state index contributed by atoms with van der Waals surface area (Å²) >= 11 is 0. The molecule has 5 rings (SSSR count). The number of piperidine rings is 1. The van der Waals surface area contributed by atoms with Crippen molar-refractivity contribution in [2.45, 2.75) is 71.0 Å². The quantitative estimate of drug-likeness (QED) is 0.701. The lowest BCUT2D eigenvalue weighted by molar-refractivity contribution is 0.0387. The molecule has 1 saturated carbocycles. The first kappa shape index (κ1) is 19.1. The smallest absolute Gasteiger partial charge is 0.162 e.